The maximum absolute atomic E-state index is 12.3. The molecule has 1 amide bonds. The number of amides is 1. The van der Waals surface area contributed by atoms with Crippen molar-refractivity contribution in [3.05, 3.63) is 29.8 Å². The van der Waals surface area contributed by atoms with Gasteiger partial charge in [-0.15, -0.1) is 0 Å². The molecule has 0 bridgehead atoms. The number of hydrogen-bond acceptors (Lipinski definition) is 4. The molecule has 0 radical (unpaired) electrons. The monoisotopic (exact) mass is 306 g/mol. The molecule has 122 valence electrons. The van der Waals surface area contributed by atoms with Gasteiger partial charge in [0.25, 0.3) is 0 Å². The molecular formula is C17H26N2O3. The van der Waals surface area contributed by atoms with Crippen LogP contribution < -0.4 is 4.74 Å². The summed E-state index contributed by atoms with van der Waals surface area (Å²) in [6.07, 6.45) is 0.120. The van der Waals surface area contributed by atoms with E-state index in [9.17, 15) is 9.90 Å². The molecule has 5 heteroatoms. The van der Waals surface area contributed by atoms with Crippen LogP contribution in [0.1, 0.15) is 19.4 Å². The third-order valence-corrected chi connectivity index (χ3v) is 3.84. The second-order valence-corrected chi connectivity index (χ2v) is 5.78. The van der Waals surface area contributed by atoms with Crippen LogP contribution in [0.15, 0.2) is 24.3 Å². The van der Waals surface area contributed by atoms with E-state index in [2.05, 4.69) is 4.90 Å². The molecule has 0 saturated carbocycles. The Bertz CT molecular complexity index is 465. The van der Waals surface area contributed by atoms with Crippen molar-refractivity contribution in [1.82, 2.24) is 9.80 Å². The van der Waals surface area contributed by atoms with Gasteiger partial charge in [0.15, 0.2) is 0 Å². The Morgan fingerprint density at radius 3 is 2.41 bits per heavy atom. The molecule has 22 heavy (non-hydrogen) atoms. The van der Waals surface area contributed by atoms with E-state index in [1.165, 1.54) is 0 Å². The lowest BCUT2D eigenvalue weighted by molar-refractivity contribution is -0.132. The number of benzene rings is 1. The van der Waals surface area contributed by atoms with Gasteiger partial charge in [-0.1, -0.05) is 12.1 Å². The summed E-state index contributed by atoms with van der Waals surface area (Å²) in [6, 6.07) is 7.72. The average molecular weight is 306 g/mol. The minimum Gasteiger partial charge on any atom is -0.494 e. The molecule has 1 aliphatic rings. The summed E-state index contributed by atoms with van der Waals surface area (Å²) in [6.45, 7) is 8.22. The molecule has 2 rings (SSSR count). The summed E-state index contributed by atoms with van der Waals surface area (Å²) < 4.78 is 5.40. The highest BCUT2D eigenvalue weighted by atomic mass is 16.5. The first-order valence-corrected chi connectivity index (χ1v) is 7.98. The van der Waals surface area contributed by atoms with E-state index in [1.807, 2.05) is 36.1 Å². The van der Waals surface area contributed by atoms with Gasteiger partial charge in [-0.3, -0.25) is 9.69 Å². The van der Waals surface area contributed by atoms with Gasteiger partial charge in [0.2, 0.25) is 5.91 Å². The third-order valence-electron chi connectivity index (χ3n) is 3.84. The lowest BCUT2D eigenvalue weighted by Gasteiger charge is -2.35. The number of piperazine rings is 1. The number of hydrogen-bond donors (Lipinski definition) is 1. The van der Waals surface area contributed by atoms with Gasteiger partial charge in [-0.25, -0.2) is 0 Å². The van der Waals surface area contributed by atoms with Gasteiger partial charge < -0.3 is 14.7 Å². The fourth-order valence-corrected chi connectivity index (χ4v) is 2.71. The van der Waals surface area contributed by atoms with Crippen molar-refractivity contribution in [3.63, 3.8) is 0 Å². The number of rotatable bonds is 6. The third kappa shape index (κ3) is 5.00. The number of aliphatic hydroxyl groups excluding tert-OH is 1. The first-order chi connectivity index (χ1) is 10.6. The van der Waals surface area contributed by atoms with Gasteiger partial charge in [0.05, 0.1) is 19.1 Å². The van der Waals surface area contributed by atoms with Gasteiger partial charge in [0.1, 0.15) is 5.75 Å². The van der Waals surface area contributed by atoms with E-state index in [4.69, 9.17) is 4.74 Å². The Kier molecular flexibility index (Phi) is 6.21. The molecule has 1 heterocycles. The summed E-state index contributed by atoms with van der Waals surface area (Å²) >= 11 is 0. The quantitative estimate of drug-likeness (QED) is 0.857. The number of aliphatic hydroxyl groups is 1. The maximum Gasteiger partial charge on any atom is 0.227 e. The van der Waals surface area contributed by atoms with Crippen LogP contribution in [0.2, 0.25) is 0 Å². The predicted molar refractivity (Wildman–Crippen MR) is 86.0 cm³/mol. The Balaban J connectivity index is 1.80. The lowest BCUT2D eigenvalue weighted by Crippen LogP contribution is -2.50. The van der Waals surface area contributed by atoms with E-state index in [0.29, 0.717) is 19.6 Å². The smallest absolute Gasteiger partial charge is 0.227 e. The van der Waals surface area contributed by atoms with Crippen molar-refractivity contribution in [1.29, 1.82) is 0 Å². The van der Waals surface area contributed by atoms with Gasteiger partial charge in [0, 0.05) is 32.7 Å². The van der Waals surface area contributed by atoms with E-state index in [-0.39, 0.29) is 12.0 Å². The second-order valence-electron chi connectivity index (χ2n) is 5.78. The molecule has 0 unspecified atom stereocenters. The van der Waals surface area contributed by atoms with Crippen LogP contribution in [0.5, 0.6) is 5.75 Å². The molecular weight excluding hydrogens is 280 g/mol. The number of carbonyl (C=O) groups excluding carboxylic acids is 1. The topological polar surface area (TPSA) is 53.0 Å². The molecule has 1 N–H and O–H groups in total. The van der Waals surface area contributed by atoms with Crippen LogP contribution in [0.4, 0.5) is 0 Å². The lowest BCUT2D eigenvalue weighted by atomic mass is 10.1. The molecule has 1 fully saturated rings. The number of carbonyl (C=O) groups is 1. The fraction of sp³-hybridized carbons (Fsp3) is 0.588. The van der Waals surface area contributed by atoms with E-state index < -0.39 is 0 Å². The zero-order valence-corrected chi connectivity index (χ0v) is 13.5. The fourth-order valence-electron chi connectivity index (χ4n) is 2.71. The highest BCUT2D eigenvalue weighted by molar-refractivity contribution is 5.78. The average Bonchev–Trinajstić information content (AvgIpc) is 2.49. The Morgan fingerprint density at radius 1 is 1.23 bits per heavy atom. The van der Waals surface area contributed by atoms with Crippen LogP contribution in [0.25, 0.3) is 0 Å². The molecule has 1 saturated heterocycles. The van der Waals surface area contributed by atoms with Gasteiger partial charge in [-0.2, -0.15) is 0 Å². The van der Waals surface area contributed by atoms with E-state index >= 15 is 0 Å². The SMILES string of the molecule is CCOc1ccc(CC(=O)N2CCN(C[C@@H](C)O)CC2)cc1. The standard InChI is InChI=1S/C17H26N2O3/c1-3-22-16-6-4-15(5-7-16)12-17(21)19-10-8-18(9-11-19)13-14(2)20/h4-7,14,20H,3,8-13H2,1-2H3/t14-/m1/s1. The maximum atomic E-state index is 12.3. The molecule has 0 aromatic heterocycles. The predicted octanol–water partition coefficient (Wildman–Crippen LogP) is 1.15. The Labute approximate surface area is 132 Å². The summed E-state index contributed by atoms with van der Waals surface area (Å²) in [4.78, 5) is 16.4. The first-order valence-electron chi connectivity index (χ1n) is 7.98. The van der Waals surface area contributed by atoms with Crippen molar-refractivity contribution in [3.8, 4) is 5.75 Å². The van der Waals surface area contributed by atoms with E-state index in [0.717, 1.165) is 37.5 Å². The van der Waals surface area contributed by atoms with Crippen LogP contribution in [0.3, 0.4) is 0 Å². The minimum absolute atomic E-state index is 0.167. The molecule has 0 aliphatic carbocycles. The Hall–Kier alpha value is -1.59. The molecule has 1 aromatic carbocycles. The number of ether oxygens (including phenoxy) is 1. The number of β-amino-alcohol motifs (C(OH)–C–C–N with tert-alkyl or cyclic N) is 1. The normalized spacial score (nSPS) is 17.3. The van der Waals surface area contributed by atoms with Crippen LogP contribution in [-0.4, -0.2) is 66.2 Å². The zero-order valence-electron chi connectivity index (χ0n) is 13.5. The molecule has 5 nitrogen and oxygen atoms in total. The highest BCUT2D eigenvalue weighted by Gasteiger charge is 2.21. The molecule has 1 aromatic rings. The number of nitrogens with zero attached hydrogens (tertiary/aromatic N) is 2. The van der Waals surface area contributed by atoms with Gasteiger partial charge >= 0.3 is 0 Å². The summed E-state index contributed by atoms with van der Waals surface area (Å²) in [5, 5.41) is 9.40. The molecule has 0 spiro atoms. The Morgan fingerprint density at radius 2 is 1.86 bits per heavy atom. The largest absolute Gasteiger partial charge is 0.494 e. The first kappa shape index (κ1) is 16.8. The second kappa shape index (κ2) is 8.15. The van der Waals surface area contributed by atoms with Crippen LogP contribution in [-0.2, 0) is 11.2 Å². The van der Waals surface area contributed by atoms with Crippen molar-refractivity contribution in [2.75, 3.05) is 39.3 Å². The summed E-state index contributed by atoms with van der Waals surface area (Å²) in [5.41, 5.74) is 1.01. The van der Waals surface area contributed by atoms with Crippen molar-refractivity contribution in [2.24, 2.45) is 0 Å². The van der Waals surface area contributed by atoms with Crippen LogP contribution >= 0.6 is 0 Å². The van der Waals surface area contributed by atoms with Crippen molar-refractivity contribution >= 4 is 5.91 Å². The minimum atomic E-state index is -0.314. The van der Waals surface area contributed by atoms with Gasteiger partial charge in [-0.05, 0) is 31.5 Å². The highest BCUT2D eigenvalue weighted by Crippen LogP contribution is 2.14. The molecule has 1 aliphatic heterocycles. The zero-order chi connectivity index (χ0) is 15.9. The summed E-state index contributed by atoms with van der Waals surface area (Å²) in [7, 11) is 0. The molecule has 1 atom stereocenters. The van der Waals surface area contributed by atoms with E-state index in [1.54, 1.807) is 6.92 Å². The van der Waals surface area contributed by atoms with Crippen LogP contribution in [0, 0.1) is 0 Å². The van der Waals surface area contributed by atoms with Crippen molar-refractivity contribution < 1.29 is 14.6 Å². The van der Waals surface area contributed by atoms with Crippen molar-refractivity contribution in [2.45, 2.75) is 26.4 Å². The summed E-state index contributed by atoms with van der Waals surface area (Å²) in [5.74, 6) is 1.01.